The van der Waals surface area contributed by atoms with Crippen molar-refractivity contribution in [2.45, 2.75) is 33.6 Å². The molecule has 5 nitrogen and oxygen atoms in total. The first kappa shape index (κ1) is 22.8. The SMILES string of the molecule is CCCC[NH+](CC)CCNC(=O)c1cc(-c2ccc(OCC)cc2)nc2ccccc12. The number of para-hydroxylation sites is 1. The number of likely N-dealkylation sites (N-methyl/N-ethyl adjacent to an activating group) is 1. The third-order valence-corrected chi connectivity index (χ3v) is 5.57. The number of carbonyl (C=O) groups excluding carboxylic acids is 1. The standard InChI is InChI=1S/C26H33N3O2/c1-4-7-17-29(5-2)18-16-27-26(30)23-19-25(28-24-11-9-8-10-22(23)24)20-12-14-21(15-13-20)31-6-3/h8-15,19H,4-7,16-18H2,1-3H3,(H,27,30)/p+1. The molecule has 0 aliphatic carbocycles. The highest BCUT2D eigenvalue weighted by Gasteiger charge is 2.15. The number of fused-ring (bicyclic) bond motifs is 1. The van der Waals surface area contributed by atoms with Gasteiger partial charge in [0.05, 0.1) is 49.6 Å². The summed E-state index contributed by atoms with van der Waals surface area (Å²) in [5.41, 5.74) is 3.24. The zero-order valence-corrected chi connectivity index (χ0v) is 18.9. The van der Waals surface area contributed by atoms with Crippen molar-refractivity contribution >= 4 is 16.8 Å². The van der Waals surface area contributed by atoms with Crippen LogP contribution in [0.25, 0.3) is 22.2 Å². The van der Waals surface area contributed by atoms with E-state index < -0.39 is 0 Å². The van der Waals surface area contributed by atoms with Gasteiger partial charge < -0.3 is 15.0 Å². The smallest absolute Gasteiger partial charge is 0.252 e. The molecule has 1 heterocycles. The van der Waals surface area contributed by atoms with Crippen LogP contribution in [0.5, 0.6) is 5.75 Å². The van der Waals surface area contributed by atoms with Crippen LogP contribution in [-0.4, -0.2) is 43.7 Å². The maximum absolute atomic E-state index is 13.1. The van der Waals surface area contributed by atoms with Crippen LogP contribution < -0.4 is 15.0 Å². The zero-order chi connectivity index (χ0) is 22.1. The van der Waals surface area contributed by atoms with Gasteiger partial charge in [0.25, 0.3) is 5.91 Å². The van der Waals surface area contributed by atoms with E-state index in [4.69, 9.17) is 9.72 Å². The largest absolute Gasteiger partial charge is 0.494 e. The van der Waals surface area contributed by atoms with Crippen LogP contribution in [0.15, 0.2) is 54.6 Å². The van der Waals surface area contributed by atoms with Crippen molar-refractivity contribution in [1.29, 1.82) is 0 Å². The van der Waals surface area contributed by atoms with Gasteiger partial charge in [-0.3, -0.25) is 4.79 Å². The first-order valence-corrected chi connectivity index (χ1v) is 11.4. The normalized spacial score (nSPS) is 12.0. The predicted octanol–water partition coefficient (Wildman–Crippen LogP) is 3.74. The number of nitrogens with zero attached hydrogens (tertiary/aromatic N) is 1. The number of quaternary nitrogens is 1. The Kier molecular flexibility index (Phi) is 8.42. The summed E-state index contributed by atoms with van der Waals surface area (Å²) < 4.78 is 5.54. The van der Waals surface area contributed by atoms with E-state index in [1.807, 2.05) is 61.5 Å². The lowest BCUT2D eigenvalue weighted by atomic mass is 10.0. The van der Waals surface area contributed by atoms with Crippen molar-refractivity contribution in [1.82, 2.24) is 10.3 Å². The molecule has 1 aromatic heterocycles. The highest BCUT2D eigenvalue weighted by molar-refractivity contribution is 6.07. The van der Waals surface area contributed by atoms with Gasteiger partial charge in [-0.15, -0.1) is 0 Å². The summed E-state index contributed by atoms with van der Waals surface area (Å²) in [5, 5.41) is 4.00. The molecule has 2 aromatic carbocycles. The zero-order valence-electron chi connectivity index (χ0n) is 18.9. The molecule has 0 aliphatic rings. The second kappa shape index (κ2) is 11.5. The van der Waals surface area contributed by atoms with E-state index in [-0.39, 0.29) is 5.91 Å². The highest BCUT2D eigenvalue weighted by atomic mass is 16.5. The minimum atomic E-state index is -0.0447. The number of benzene rings is 2. The van der Waals surface area contributed by atoms with E-state index >= 15 is 0 Å². The van der Waals surface area contributed by atoms with Gasteiger partial charge in [-0.2, -0.15) is 0 Å². The lowest BCUT2D eigenvalue weighted by Gasteiger charge is -2.18. The average molecular weight is 421 g/mol. The molecule has 0 aliphatic heterocycles. The van der Waals surface area contributed by atoms with Crippen molar-refractivity contribution in [3.8, 4) is 17.0 Å². The lowest BCUT2D eigenvalue weighted by Crippen LogP contribution is -3.12. The van der Waals surface area contributed by atoms with Gasteiger partial charge in [-0.1, -0.05) is 31.5 Å². The topological polar surface area (TPSA) is 55.7 Å². The Balaban J connectivity index is 1.81. The molecule has 1 amide bonds. The Morgan fingerprint density at radius 3 is 2.52 bits per heavy atom. The third kappa shape index (κ3) is 6.05. The summed E-state index contributed by atoms with van der Waals surface area (Å²) >= 11 is 0. The molecule has 1 unspecified atom stereocenters. The van der Waals surface area contributed by atoms with E-state index in [9.17, 15) is 4.79 Å². The van der Waals surface area contributed by atoms with Crippen molar-refractivity contribution in [3.63, 3.8) is 0 Å². The molecule has 3 rings (SSSR count). The Labute approximate surface area is 185 Å². The monoisotopic (exact) mass is 420 g/mol. The Morgan fingerprint density at radius 1 is 1.03 bits per heavy atom. The molecule has 164 valence electrons. The third-order valence-electron chi connectivity index (χ3n) is 5.57. The maximum Gasteiger partial charge on any atom is 0.252 e. The molecule has 0 bridgehead atoms. The number of aromatic nitrogens is 1. The van der Waals surface area contributed by atoms with Crippen LogP contribution in [0.4, 0.5) is 0 Å². The average Bonchev–Trinajstić information content (AvgIpc) is 2.81. The molecular weight excluding hydrogens is 386 g/mol. The van der Waals surface area contributed by atoms with E-state index in [0.717, 1.165) is 47.5 Å². The van der Waals surface area contributed by atoms with Gasteiger partial charge in [-0.25, -0.2) is 4.98 Å². The number of nitrogens with one attached hydrogen (secondary N) is 2. The lowest BCUT2D eigenvalue weighted by molar-refractivity contribution is -0.897. The predicted molar refractivity (Wildman–Crippen MR) is 127 cm³/mol. The van der Waals surface area contributed by atoms with Crippen molar-refractivity contribution in [2.24, 2.45) is 0 Å². The van der Waals surface area contributed by atoms with E-state index in [0.29, 0.717) is 18.7 Å². The Bertz CT molecular complexity index is 986. The quantitative estimate of drug-likeness (QED) is 0.497. The van der Waals surface area contributed by atoms with Crippen LogP contribution in [0.3, 0.4) is 0 Å². The molecule has 3 aromatic rings. The molecule has 0 saturated carbocycles. The van der Waals surface area contributed by atoms with Crippen LogP contribution >= 0.6 is 0 Å². The van der Waals surface area contributed by atoms with Crippen LogP contribution in [0.2, 0.25) is 0 Å². The minimum Gasteiger partial charge on any atom is -0.494 e. The molecule has 0 fully saturated rings. The first-order chi connectivity index (χ1) is 15.2. The highest BCUT2D eigenvalue weighted by Crippen LogP contribution is 2.26. The number of hydrogen-bond donors (Lipinski definition) is 2. The van der Waals surface area contributed by atoms with Crippen LogP contribution in [-0.2, 0) is 0 Å². The summed E-state index contributed by atoms with van der Waals surface area (Å²) in [4.78, 5) is 19.4. The number of carbonyl (C=O) groups is 1. The number of unbranched alkanes of at least 4 members (excludes halogenated alkanes) is 1. The maximum atomic E-state index is 13.1. The van der Waals surface area contributed by atoms with E-state index in [1.165, 1.54) is 17.7 Å². The molecule has 0 spiro atoms. The van der Waals surface area contributed by atoms with Crippen LogP contribution in [0.1, 0.15) is 44.0 Å². The Morgan fingerprint density at radius 2 is 1.81 bits per heavy atom. The number of hydrogen-bond acceptors (Lipinski definition) is 3. The molecule has 1 atom stereocenters. The first-order valence-electron chi connectivity index (χ1n) is 11.4. The van der Waals surface area contributed by atoms with Gasteiger partial charge in [-0.05, 0) is 56.7 Å². The van der Waals surface area contributed by atoms with Gasteiger partial charge in [0.1, 0.15) is 5.75 Å². The fourth-order valence-corrected chi connectivity index (χ4v) is 3.75. The van der Waals surface area contributed by atoms with Crippen LogP contribution in [0, 0.1) is 0 Å². The van der Waals surface area contributed by atoms with Gasteiger partial charge in [0.15, 0.2) is 0 Å². The second-order valence-electron chi connectivity index (χ2n) is 7.74. The molecule has 31 heavy (non-hydrogen) atoms. The van der Waals surface area contributed by atoms with Crippen molar-refractivity contribution in [2.75, 3.05) is 32.8 Å². The molecular formula is C26H34N3O2+. The van der Waals surface area contributed by atoms with Gasteiger partial charge in [0, 0.05) is 10.9 Å². The minimum absolute atomic E-state index is 0.0447. The van der Waals surface area contributed by atoms with Crippen molar-refractivity contribution in [3.05, 3.63) is 60.2 Å². The molecule has 0 saturated heterocycles. The second-order valence-corrected chi connectivity index (χ2v) is 7.74. The summed E-state index contributed by atoms with van der Waals surface area (Å²) in [5.74, 6) is 0.785. The van der Waals surface area contributed by atoms with E-state index in [2.05, 4.69) is 19.2 Å². The number of pyridine rings is 1. The van der Waals surface area contributed by atoms with Crippen molar-refractivity contribution < 1.29 is 14.4 Å². The molecule has 0 radical (unpaired) electrons. The number of amides is 1. The van der Waals surface area contributed by atoms with Gasteiger partial charge in [0.2, 0.25) is 0 Å². The number of ether oxygens (including phenoxy) is 1. The number of rotatable bonds is 11. The summed E-state index contributed by atoms with van der Waals surface area (Å²) in [6.45, 7) is 10.9. The summed E-state index contributed by atoms with van der Waals surface area (Å²) in [6.07, 6.45) is 2.42. The molecule has 5 heteroatoms. The summed E-state index contributed by atoms with van der Waals surface area (Å²) in [6, 6.07) is 17.6. The fourth-order valence-electron chi connectivity index (χ4n) is 3.75. The summed E-state index contributed by atoms with van der Waals surface area (Å²) in [7, 11) is 0. The van der Waals surface area contributed by atoms with E-state index in [1.54, 1.807) is 0 Å². The fraction of sp³-hybridized carbons (Fsp3) is 0.385. The Hall–Kier alpha value is -2.92. The van der Waals surface area contributed by atoms with Gasteiger partial charge >= 0.3 is 0 Å². The molecule has 2 N–H and O–H groups in total.